The van der Waals surface area contributed by atoms with E-state index in [0.29, 0.717) is 0 Å². The predicted octanol–water partition coefficient (Wildman–Crippen LogP) is 6.74. The lowest BCUT2D eigenvalue weighted by Crippen LogP contribution is -2.16. The predicted molar refractivity (Wildman–Crippen MR) is 110 cm³/mol. The lowest BCUT2D eigenvalue weighted by molar-refractivity contribution is 0.656. The Morgan fingerprint density at radius 2 is 1.91 bits per heavy atom. The normalized spacial score (nSPS) is 15.6. The molecule has 0 saturated carbocycles. The second kappa shape index (κ2) is 6.12. The number of hydrogen-bond donors (Lipinski definition) is 0. The highest BCUT2D eigenvalue weighted by Gasteiger charge is 2.37. The van der Waals surface area contributed by atoms with Crippen molar-refractivity contribution in [2.45, 2.75) is 26.2 Å². The largest absolute Gasteiger partial charge is 0.0990 e. The van der Waals surface area contributed by atoms with E-state index in [-0.39, 0.29) is 5.41 Å². The molecule has 116 valence electrons. The van der Waals surface area contributed by atoms with E-state index in [1.165, 1.54) is 37.0 Å². The molecule has 0 aromatic heterocycles. The van der Waals surface area contributed by atoms with Gasteiger partial charge in [0.15, 0.2) is 0 Å². The standard InChI is InChI=1S/C22H21I/c1-5-8-15(9-6-2)16-12-13-17-18-10-7-11-20(23)21(18)22(3,4)19(17)14-16/h5-14H,1H2,2-4H3/b9-6-,15-8+. The van der Waals surface area contributed by atoms with Gasteiger partial charge in [-0.25, -0.2) is 0 Å². The smallest absolute Gasteiger partial charge is 0.0177 e. The van der Waals surface area contributed by atoms with Crippen LogP contribution in [0.2, 0.25) is 0 Å². The zero-order valence-electron chi connectivity index (χ0n) is 13.9. The molecule has 0 heterocycles. The quantitative estimate of drug-likeness (QED) is 0.387. The minimum Gasteiger partial charge on any atom is -0.0990 e. The summed E-state index contributed by atoms with van der Waals surface area (Å²) in [6.07, 6.45) is 8.14. The van der Waals surface area contributed by atoms with E-state index in [1.54, 1.807) is 0 Å². The second-order valence-electron chi connectivity index (χ2n) is 6.41. The van der Waals surface area contributed by atoms with Crippen LogP contribution in [-0.2, 0) is 5.41 Å². The van der Waals surface area contributed by atoms with Crippen LogP contribution in [0.15, 0.2) is 67.3 Å². The Morgan fingerprint density at radius 1 is 1.13 bits per heavy atom. The number of halogens is 1. The van der Waals surface area contributed by atoms with E-state index in [1.807, 2.05) is 13.0 Å². The average Bonchev–Trinajstić information content (AvgIpc) is 2.76. The summed E-state index contributed by atoms with van der Waals surface area (Å²) >= 11 is 2.46. The molecule has 2 aromatic carbocycles. The van der Waals surface area contributed by atoms with Crippen molar-refractivity contribution >= 4 is 28.2 Å². The van der Waals surface area contributed by atoms with Gasteiger partial charge in [0.25, 0.3) is 0 Å². The van der Waals surface area contributed by atoms with Crippen LogP contribution in [0.5, 0.6) is 0 Å². The van der Waals surface area contributed by atoms with Crippen molar-refractivity contribution in [3.05, 3.63) is 87.5 Å². The van der Waals surface area contributed by atoms with Gasteiger partial charge < -0.3 is 0 Å². The van der Waals surface area contributed by atoms with Crippen molar-refractivity contribution in [1.29, 1.82) is 0 Å². The van der Waals surface area contributed by atoms with E-state index in [4.69, 9.17) is 0 Å². The summed E-state index contributed by atoms with van der Waals surface area (Å²) < 4.78 is 1.35. The van der Waals surface area contributed by atoms with Crippen LogP contribution in [0.3, 0.4) is 0 Å². The number of rotatable bonds is 3. The summed E-state index contributed by atoms with van der Waals surface area (Å²) in [5.74, 6) is 0. The zero-order valence-corrected chi connectivity index (χ0v) is 16.0. The molecule has 0 bridgehead atoms. The molecule has 0 radical (unpaired) electrons. The van der Waals surface area contributed by atoms with Crippen LogP contribution in [0.1, 0.15) is 37.5 Å². The summed E-state index contributed by atoms with van der Waals surface area (Å²) in [6.45, 7) is 10.5. The van der Waals surface area contributed by atoms with Crippen molar-refractivity contribution in [1.82, 2.24) is 0 Å². The first-order valence-electron chi connectivity index (χ1n) is 7.90. The van der Waals surface area contributed by atoms with Gasteiger partial charge in [-0.1, -0.05) is 69.0 Å². The van der Waals surface area contributed by atoms with Crippen LogP contribution >= 0.6 is 22.6 Å². The maximum Gasteiger partial charge on any atom is 0.0177 e. The molecule has 1 heteroatoms. The molecular weight excluding hydrogens is 391 g/mol. The fourth-order valence-corrected chi connectivity index (χ4v) is 4.72. The van der Waals surface area contributed by atoms with Crippen molar-refractivity contribution in [2.75, 3.05) is 0 Å². The number of benzene rings is 2. The maximum absolute atomic E-state index is 3.84. The highest BCUT2D eigenvalue weighted by Crippen LogP contribution is 2.50. The van der Waals surface area contributed by atoms with Gasteiger partial charge in [0, 0.05) is 8.99 Å². The molecule has 0 amide bonds. The minimum absolute atomic E-state index is 0.0354. The molecular formula is C22H21I. The summed E-state index contributed by atoms with van der Waals surface area (Å²) in [5.41, 5.74) is 8.09. The van der Waals surface area contributed by atoms with Crippen LogP contribution in [0, 0.1) is 3.57 Å². The third kappa shape index (κ3) is 2.61. The van der Waals surface area contributed by atoms with Crippen molar-refractivity contribution in [3.8, 4) is 11.1 Å². The van der Waals surface area contributed by atoms with Gasteiger partial charge in [-0.3, -0.25) is 0 Å². The van der Waals surface area contributed by atoms with E-state index in [2.05, 4.69) is 97.6 Å². The number of hydrogen-bond acceptors (Lipinski definition) is 0. The molecule has 1 aliphatic carbocycles. The van der Waals surface area contributed by atoms with E-state index < -0.39 is 0 Å². The Labute approximate surface area is 152 Å². The van der Waals surface area contributed by atoms with Crippen molar-refractivity contribution < 1.29 is 0 Å². The Hall–Kier alpha value is -1.61. The summed E-state index contributed by atoms with van der Waals surface area (Å²) in [5, 5.41) is 0. The Morgan fingerprint density at radius 3 is 2.61 bits per heavy atom. The van der Waals surface area contributed by atoms with Gasteiger partial charge in [0.1, 0.15) is 0 Å². The number of fused-ring (bicyclic) bond motifs is 3. The SMILES string of the molecule is C=C/C=C(\C=C/C)c1ccc2c(c1)C(C)(C)c1c(I)cccc1-2. The molecule has 2 aromatic rings. The highest BCUT2D eigenvalue weighted by molar-refractivity contribution is 14.1. The zero-order chi connectivity index (χ0) is 16.6. The van der Waals surface area contributed by atoms with E-state index in [0.717, 1.165) is 0 Å². The molecule has 0 atom stereocenters. The van der Waals surface area contributed by atoms with Crippen LogP contribution in [-0.4, -0.2) is 0 Å². The summed E-state index contributed by atoms with van der Waals surface area (Å²) in [6, 6.07) is 13.4. The lowest BCUT2D eigenvalue weighted by Gasteiger charge is -2.23. The molecule has 0 saturated heterocycles. The summed E-state index contributed by atoms with van der Waals surface area (Å²) in [4.78, 5) is 0. The Bertz CT molecular complexity index is 835. The molecule has 1 aliphatic rings. The molecule has 23 heavy (non-hydrogen) atoms. The Balaban J connectivity index is 2.23. The first-order chi connectivity index (χ1) is 11.0. The maximum atomic E-state index is 3.84. The Kier molecular flexibility index (Phi) is 4.33. The van der Waals surface area contributed by atoms with E-state index in [9.17, 15) is 0 Å². The third-order valence-corrected chi connectivity index (χ3v) is 5.50. The topological polar surface area (TPSA) is 0 Å². The summed E-state index contributed by atoms with van der Waals surface area (Å²) in [7, 11) is 0. The molecule has 0 fully saturated rings. The van der Waals surface area contributed by atoms with Crippen LogP contribution in [0.25, 0.3) is 16.7 Å². The molecule has 0 spiro atoms. The van der Waals surface area contributed by atoms with Gasteiger partial charge in [-0.15, -0.1) is 0 Å². The second-order valence-corrected chi connectivity index (χ2v) is 7.57. The molecule has 0 aliphatic heterocycles. The van der Waals surface area contributed by atoms with Gasteiger partial charge in [0.05, 0.1) is 0 Å². The molecule has 3 rings (SSSR count). The van der Waals surface area contributed by atoms with Crippen LogP contribution < -0.4 is 0 Å². The van der Waals surface area contributed by atoms with Gasteiger partial charge in [0.2, 0.25) is 0 Å². The highest BCUT2D eigenvalue weighted by atomic mass is 127. The average molecular weight is 412 g/mol. The van der Waals surface area contributed by atoms with Crippen molar-refractivity contribution in [2.24, 2.45) is 0 Å². The third-order valence-electron chi connectivity index (χ3n) is 4.60. The fraction of sp³-hybridized carbons (Fsp3) is 0.182. The van der Waals surface area contributed by atoms with Gasteiger partial charge >= 0.3 is 0 Å². The fourth-order valence-electron chi connectivity index (χ4n) is 3.55. The molecule has 0 nitrogen and oxygen atoms in total. The van der Waals surface area contributed by atoms with E-state index >= 15 is 0 Å². The molecule has 0 unspecified atom stereocenters. The minimum atomic E-state index is 0.0354. The molecule has 0 N–H and O–H groups in total. The van der Waals surface area contributed by atoms with Crippen LogP contribution in [0.4, 0.5) is 0 Å². The number of allylic oxidation sites excluding steroid dienone is 5. The monoisotopic (exact) mass is 412 g/mol. The first-order valence-corrected chi connectivity index (χ1v) is 8.98. The van der Waals surface area contributed by atoms with Gasteiger partial charge in [-0.2, -0.15) is 0 Å². The van der Waals surface area contributed by atoms with Gasteiger partial charge in [-0.05, 0) is 75.0 Å². The first kappa shape index (κ1) is 16.3. The van der Waals surface area contributed by atoms with Crippen molar-refractivity contribution in [3.63, 3.8) is 0 Å². The lowest BCUT2D eigenvalue weighted by atomic mass is 9.81.